The van der Waals surface area contributed by atoms with Crippen LogP contribution in [0.4, 0.5) is 8.78 Å². The van der Waals surface area contributed by atoms with Gasteiger partial charge in [0.2, 0.25) is 0 Å². The summed E-state index contributed by atoms with van der Waals surface area (Å²) in [5, 5.41) is -4.10. The van der Waals surface area contributed by atoms with Gasteiger partial charge in [-0.3, -0.25) is 4.18 Å². The van der Waals surface area contributed by atoms with Gasteiger partial charge in [-0.15, -0.1) is 8.78 Å². The Labute approximate surface area is 63.2 Å². The highest BCUT2D eigenvalue weighted by atomic mass is 32.2. The second-order valence-corrected chi connectivity index (χ2v) is 3.32. The van der Waals surface area contributed by atoms with Gasteiger partial charge in [0.15, 0.2) is 0 Å². The maximum atomic E-state index is 12.3. The predicted molar refractivity (Wildman–Crippen MR) is 32.2 cm³/mol. The van der Waals surface area contributed by atoms with Crippen molar-refractivity contribution in [1.29, 1.82) is 0 Å². The van der Waals surface area contributed by atoms with E-state index in [2.05, 4.69) is 8.92 Å². The maximum absolute atomic E-state index is 12.3. The van der Waals surface area contributed by atoms with E-state index in [0.29, 0.717) is 7.11 Å². The Kier molecular flexibility index (Phi) is 3.21. The van der Waals surface area contributed by atoms with E-state index in [1.54, 1.807) is 0 Å². The molecule has 0 unspecified atom stereocenters. The summed E-state index contributed by atoms with van der Waals surface area (Å²) < 4.78 is 52.7. The predicted octanol–water partition coefficient (Wildman–Crippen LogP) is 0.364. The van der Waals surface area contributed by atoms with Crippen LogP contribution < -0.4 is 0 Å². The summed E-state index contributed by atoms with van der Waals surface area (Å²) >= 11 is 0. The van der Waals surface area contributed by atoms with Crippen molar-refractivity contribution in [3.8, 4) is 0 Å². The van der Waals surface area contributed by atoms with Crippen LogP contribution in [0.25, 0.3) is 0 Å². The first-order valence-electron chi connectivity index (χ1n) is 2.42. The fourth-order valence-electron chi connectivity index (χ4n) is 0.307. The number of rotatable bonds is 4. The van der Waals surface area contributed by atoms with Gasteiger partial charge in [0.1, 0.15) is 0 Å². The zero-order valence-corrected chi connectivity index (χ0v) is 6.69. The lowest BCUT2D eigenvalue weighted by molar-refractivity contribution is 0.0446. The Balaban J connectivity index is 4.55. The molecule has 0 radical (unpaired) electrons. The van der Waals surface area contributed by atoms with Gasteiger partial charge >= 0.3 is 22.0 Å². The smallest absolute Gasteiger partial charge is 0.265 e. The molecule has 0 aliphatic heterocycles. The zero-order valence-electron chi connectivity index (χ0n) is 5.87. The van der Waals surface area contributed by atoms with Gasteiger partial charge in [0.05, 0.1) is 14.2 Å². The monoisotopic (exact) mass is 189 g/mol. The van der Waals surface area contributed by atoms with Crippen LogP contribution in [-0.4, -0.2) is 27.9 Å². The Bertz CT molecular complexity index is 210. The van der Waals surface area contributed by atoms with E-state index in [4.69, 9.17) is 0 Å². The van der Waals surface area contributed by atoms with E-state index < -0.39 is 15.4 Å². The molecule has 0 spiro atoms. The summed E-state index contributed by atoms with van der Waals surface area (Å²) in [6, 6.07) is 0. The van der Waals surface area contributed by atoms with Gasteiger partial charge in [-0.05, 0) is 0 Å². The highest BCUT2D eigenvalue weighted by Gasteiger charge is 2.56. The molecule has 11 heavy (non-hydrogen) atoms. The van der Waals surface area contributed by atoms with Gasteiger partial charge in [0, 0.05) is 0 Å². The molecular weight excluding hydrogens is 182 g/mol. The van der Waals surface area contributed by atoms with Crippen LogP contribution in [-0.2, 0) is 19.0 Å². The van der Waals surface area contributed by atoms with E-state index in [9.17, 15) is 17.2 Å². The van der Waals surface area contributed by atoms with E-state index >= 15 is 0 Å². The first-order chi connectivity index (χ1) is 4.87. The molecule has 7 heteroatoms. The molecule has 0 bridgehead atoms. The van der Waals surface area contributed by atoms with Crippen LogP contribution in [0.5, 0.6) is 0 Å². The highest BCUT2D eigenvalue weighted by molar-refractivity contribution is 7.87. The molecule has 0 atom stereocenters. The van der Waals surface area contributed by atoms with Crippen LogP contribution in [0, 0.1) is 6.61 Å². The number of hydrogen-bond donors (Lipinski definition) is 0. The number of alkyl halides is 2. The van der Waals surface area contributed by atoms with Gasteiger partial charge in [-0.1, -0.05) is 0 Å². The van der Waals surface area contributed by atoms with Gasteiger partial charge in [-0.2, -0.15) is 13.2 Å². The lowest BCUT2D eigenvalue weighted by Gasteiger charge is -2.03. The SMILES string of the molecule is CO[CH+]C(F)(F)S(=O)(=O)OC. The van der Waals surface area contributed by atoms with Crippen molar-refractivity contribution in [1.82, 2.24) is 0 Å². The molecule has 0 N–H and O–H groups in total. The van der Waals surface area contributed by atoms with Crippen LogP contribution in [0.2, 0.25) is 0 Å². The largest absolute Gasteiger partial charge is 0.548 e. The third-order valence-electron chi connectivity index (χ3n) is 0.808. The summed E-state index contributed by atoms with van der Waals surface area (Å²) in [6.45, 7) is -0.119. The van der Waals surface area contributed by atoms with E-state index in [-0.39, 0.29) is 6.61 Å². The summed E-state index contributed by atoms with van der Waals surface area (Å²) in [5.41, 5.74) is 0. The van der Waals surface area contributed by atoms with Crippen LogP contribution in [0.1, 0.15) is 0 Å². The Morgan fingerprint density at radius 1 is 1.36 bits per heavy atom. The minimum Gasteiger partial charge on any atom is -0.265 e. The number of halogens is 2. The first-order valence-corrected chi connectivity index (χ1v) is 3.83. The molecule has 0 saturated heterocycles. The molecule has 0 aliphatic carbocycles. The van der Waals surface area contributed by atoms with Gasteiger partial charge < -0.3 is 0 Å². The molecule has 0 heterocycles. The molecule has 66 valence electrons. The molecule has 0 aromatic heterocycles. The van der Waals surface area contributed by atoms with Gasteiger partial charge in [0.25, 0.3) is 0 Å². The van der Waals surface area contributed by atoms with E-state index in [1.807, 2.05) is 0 Å². The quantitative estimate of drug-likeness (QED) is 0.473. The molecule has 0 aromatic rings. The standard InChI is InChI=1S/C4H7F2O4S/c1-9-3-4(5,6)11(7,8)10-2/h3H,1-2H3/q+1. The molecule has 0 aromatic carbocycles. The molecular formula is C4H7F2O4S+. The number of hydrogen-bond acceptors (Lipinski definition) is 4. The topological polar surface area (TPSA) is 52.6 Å². The Morgan fingerprint density at radius 2 is 1.82 bits per heavy atom. The third kappa shape index (κ3) is 2.28. The minimum atomic E-state index is -4.87. The molecule has 4 nitrogen and oxygen atoms in total. The molecule has 0 saturated carbocycles. The lowest BCUT2D eigenvalue weighted by atomic mass is 10.8. The first kappa shape index (κ1) is 10.6. The van der Waals surface area contributed by atoms with Crippen molar-refractivity contribution in [3.63, 3.8) is 0 Å². The molecule has 0 amide bonds. The fraction of sp³-hybridized carbons (Fsp3) is 0.750. The maximum Gasteiger partial charge on any atom is 0.548 e. The number of ether oxygens (including phenoxy) is 1. The third-order valence-corrected chi connectivity index (χ3v) is 2.01. The highest BCUT2D eigenvalue weighted by Crippen LogP contribution is 2.25. The van der Waals surface area contributed by atoms with Crippen molar-refractivity contribution < 1.29 is 26.1 Å². The van der Waals surface area contributed by atoms with Crippen molar-refractivity contribution in [2.45, 2.75) is 5.25 Å². The van der Waals surface area contributed by atoms with E-state index in [1.165, 1.54) is 0 Å². The Hall–Kier alpha value is -0.400. The van der Waals surface area contributed by atoms with Crippen LogP contribution in [0.3, 0.4) is 0 Å². The van der Waals surface area contributed by atoms with Crippen molar-refractivity contribution in [2.75, 3.05) is 14.2 Å². The van der Waals surface area contributed by atoms with Crippen molar-refractivity contribution >= 4 is 10.1 Å². The average molecular weight is 189 g/mol. The van der Waals surface area contributed by atoms with E-state index in [0.717, 1.165) is 7.11 Å². The molecule has 0 rings (SSSR count). The summed E-state index contributed by atoms with van der Waals surface area (Å²) in [6.07, 6.45) is 0. The molecule has 0 fully saturated rings. The summed E-state index contributed by atoms with van der Waals surface area (Å²) in [4.78, 5) is 0. The second kappa shape index (κ2) is 3.33. The lowest BCUT2D eigenvalue weighted by Crippen LogP contribution is -2.30. The van der Waals surface area contributed by atoms with Crippen LogP contribution >= 0.6 is 0 Å². The summed E-state index contributed by atoms with van der Waals surface area (Å²) in [7, 11) is -3.31. The minimum absolute atomic E-state index is 0.119. The summed E-state index contributed by atoms with van der Waals surface area (Å²) in [5.74, 6) is 0. The normalized spacial score (nSPS) is 13.1. The fourth-order valence-corrected chi connectivity index (χ4v) is 0.744. The van der Waals surface area contributed by atoms with Gasteiger partial charge in [-0.25, -0.2) is 0 Å². The average Bonchev–Trinajstić information content (AvgIpc) is 1.87. The second-order valence-electron chi connectivity index (χ2n) is 1.54. The van der Waals surface area contributed by atoms with Crippen LogP contribution in [0.15, 0.2) is 0 Å². The Morgan fingerprint density at radius 3 is 2.09 bits per heavy atom. The molecule has 0 aliphatic rings. The van der Waals surface area contributed by atoms with Crippen molar-refractivity contribution in [2.24, 2.45) is 0 Å². The number of methoxy groups -OCH3 is 1. The van der Waals surface area contributed by atoms with Crippen molar-refractivity contribution in [3.05, 3.63) is 6.61 Å². The zero-order chi connectivity index (χ0) is 9.12.